The van der Waals surface area contributed by atoms with Crippen LogP contribution in [0.4, 0.5) is 4.39 Å². The molecule has 0 aliphatic carbocycles. The normalized spacial score (nSPS) is 16.2. The minimum atomic E-state index is -0.263. The van der Waals surface area contributed by atoms with Gasteiger partial charge in [0.1, 0.15) is 5.82 Å². The van der Waals surface area contributed by atoms with Crippen molar-refractivity contribution in [3.05, 3.63) is 35.1 Å². The molecule has 1 N–H and O–H groups in total. The molecular weight excluding hydrogens is 267 g/mol. The van der Waals surface area contributed by atoms with E-state index in [9.17, 15) is 9.18 Å². The van der Waals surface area contributed by atoms with Crippen molar-refractivity contribution in [2.45, 2.75) is 39.7 Å². The largest absolute Gasteiger partial charge is 0.336 e. The number of piperidine rings is 1. The Bertz CT molecular complexity index is 496. The first-order valence-corrected chi connectivity index (χ1v) is 7.77. The lowest BCUT2D eigenvalue weighted by Gasteiger charge is -2.33. The maximum atomic E-state index is 13.4. The first-order valence-electron chi connectivity index (χ1n) is 7.77. The predicted octanol–water partition coefficient (Wildman–Crippen LogP) is 2.98. The van der Waals surface area contributed by atoms with Crippen molar-refractivity contribution in [3.63, 3.8) is 0 Å². The van der Waals surface area contributed by atoms with Crippen LogP contribution < -0.4 is 5.32 Å². The van der Waals surface area contributed by atoms with E-state index in [-0.39, 0.29) is 17.8 Å². The fourth-order valence-corrected chi connectivity index (χ4v) is 2.81. The summed E-state index contributed by atoms with van der Waals surface area (Å²) in [7, 11) is 0. The molecule has 0 atom stereocenters. The van der Waals surface area contributed by atoms with E-state index in [0.717, 1.165) is 32.5 Å². The number of carbonyl (C=O) groups excluding carboxylic acids is 1. The van der Waals surface area contributed by atoms with Gasteiger partial charge in [-0.05, 0) is 76.4 Å². The number of nitrogens with zero attached hydrogens (tertiary/aromatic N) is 1. The molecule has 0 spiro atoms. The van der Waals surface area contributed by atoms with Crippen LogP contribution in [0.2, 0.25) is 0 Å². The molecule has 1 aliphatic heterocycles. The summed E-state index contributed by atoms with van der Waals surface area (Å²) in [5, 5.41) is 3.35. The number of benzene rings is 1. The Morgan fingerprint density at radius 1 is 1.38 bits per heavy atom. The lowest BCUT2D eigenvalue weighted by Crippen LogP contribution is -2.43. The van der Waals surface area contributed by atoms with Crippen LogP contribution in [0, 0.1) is 18.7 Å². The summed E-state index contributed by atoms with van der Waals surface area (Å²) in [6.07, 6.45) is 2.22. The summed E-state index contributed by atoms with van der Waals surface area (Å²) < 4.78 is 13.4. The Labute approximate surface area is 126 Å². The van der Waals surface area contributed by atoms with Gasteiger partial charge in [-0.25, -0.2) is 4.39 Å². The first-order chi connectivity index (χ1) is 9.99. The van der Waals surface area contributed by atoms with Gasteiger partial charge in [-0.3, -0.25) is 4.79 Å². The molecule has 1 amide bonds. The van der Waals surface area contributed by atoms with Gasteiger partial charge in [0.05, 0.1) is 0 Å². The third-order valence-electron chi connectivity index (χ3n) is 4.20. The quantitative estimate of drug-likeness (QED) is 0.925. The van der Waals surface area contributed by atoms with Gasteiger partial charge in [-0.1, -0.05) is 0 Å². The predicted molar refractivity (Wildman–Crippen MR) is 82.9 cm³/mol. The van der Waals surface area contributed by atoms with Crippen molar-refractivity contribution >= 4 is 5.91 Å². The van der Waals surface area contributed by atoms with Crippen molar-refractivity contribution in [1.82, 2.24) is 10.2 Å². The Balaban J connectivity index is 2.12. The molecule has 2 rings (SSSR count). The molecule has 1 heterocycles. The van der Waals surface area contributed by atoms with Gasteiger partial charge in [0.2, 0.25) is 0 Å². The Morgan fingerprint density at radius 3 is 2.62 bits per heavy atom. The zero-order valence-electron chi connectivity index (χ0n) is 13.2. The minimum Gasteiger partial charge on any atom is -0.336 e. The molecule has 1 fully saturated rings. The average molecular weight is 292 g/mol. The molecule has 1 aliphatic rings. The molecule has 0 radical (unpaired) electrons. The van der Waals surface area contributed by atoms with Gasteiger partial charge < -0.3 is 10.2 Å². The van der Waals surface area contributed by atoms with Gasteiger partial charge >= 0.3 is 0 Å². The van der Waals surface area contributed by atoms with E-state index in [2.05, 4.69) is 5.32 Å². The van der Waals surface area contributed by atoms with E-state index in [1.807, 2.05) is 18.7 Å². The van der Waals surface area contributed by atoms with Gasteiger partial charge in [-0.2, -0.15) is 0 Å². The monoisotopic (exact) mass is 292 g/mol. The number of aryl methyl sites for hydroxylation is 1. The van der Waals surface area contributed by atoms with Crippen molar-refractivity contribution in [3.8, 4) is 0 Å². The molecule has 1 aromatic rings. The van der Waals surface area contributed by atoms with E-state index in [1.54, 1.807) is 19.1 Å². The van der Waals surface area contributed by atoms with E-state index in [4.69, 9.17) is 0 Å². The Hall–Kier alpha value is -1.42. The molecule has 1 aromatic carbocycles. The number of nitrogens with one attached hydrogen (secondary N) is 1. The second kappa shape index (κ2) is 7.03. The van der Waals surface area contributed by atoms with Crippen LogP contribution in [-0.2, 0) is 0 Å². The fraction of sp³-hybridized carbons (Fsp3) is 0.588. The SMILES string of the molecule is Cc1cc(C(=O)N(CC2CCNCC2)C(C)C)ccc1F. The molecule has 116 valence electrons. The third kappa shape index (κ3) is 4.03. The van der Waals surface area contributed by atoms with E-state index in [0.29, 0.717) is 17.0 Å². The van der Waals surface area contributed by atoms with Crippen LogP contribution in [0.1, 0.15) is 42.6 Å². The summed E-state index contributed by atoms with van der Waals surface area (Å²) >= 11 is 0. The number of hydrogen-bond acceptors (Lipinski definition) is 2. The highest BCUT2D eigenvalue weighted by molar-refractivity contribution is 5.94. The lowest BCUT2D eigenvalue weighted by molar-refractivity contribution is 0.0658. The molecule has 0 unspecified atom stereocenters. The van der Waals surface area contributed by atoms with Crippen molar-refractivity contribution in [2.24, 2.45) is 5.92 Å². The van der Waals surface area contributed by atoms with Crippen molar-refractivity contribution in [1.29, 1.82) is 0 Å². The van der Waals surface area contributed by atoms with Crippen molar-refractivity contribution < 1.29 is 9.18 Å². The number of halogens is 1. The summed E-state index contributed by atoms with van der Waals surface area (Å²) in [5.74, 6) is 0.298. The molecule has 0 aromatic heterocycles. The third-order valence-corrected chi connectivity index (χ3v) is 4.20. The second-order valence-corrected chi connectivity index (χ2v) is 6.21. The van der Waals surface area contributed by atoms with Gasteiger partial charge in [0.15, 0.2) is 0 Å². The van der Waals surface area contributed by atoms with Crippen LogP contribution in [0.5, 0.6) is 0 Å². The number of carbonyl (C=O) groups is 1. The topological polar surface area (TPSA) is 32.3 Å². The van der Waals surface area contributed by atoms with Gasteiger partial charge in [0, 0.05) is 18.2 Å². The number of hydrogen-bond donors (Lipinski definition) is 1. The van der Waals surface area contributed by atoms with E-state index < -0.39 is 0 Å². The molecule has 1 saturated heterocycles. The smallest absolute Gasteiger partial charge is 0.254 e. The average Bonchev–Trinajstić information content (AvgIpc) is 2.47. The molecule has 4 heteroatoms. The lowest BCUT2D eigenvalue weighted by atomic mass is 9.96. The second-order valence-electron chi connectivity index (χ2n) is 6.21. The molecule has 0 saturated carbocycles. The number of amides is 1. The zero-order chi connectivity index (χ0) is 15.4. The van der Waals surface area contributed by atoms with Crippen LogP contribution in [0.25, 0.3) is 0 Å². The first kappa shape index (κ1) is 16.0. The maximum Gasteiger partial charge on any atom is 0.254 e. The van der Waals surface area contributed by atoms with Crippen LogP contribution >= 0.6 is 0 Å². The maximum absolute atomic E-state index is 13.4. The standard InChI is InChI=1S/C17H25FN2O/c1-12(2)20(11-14-6-8-19-9-7-14)17(21)15-4-5-16(18)13(3)10-15/h4-5,10,12,14,19H,6-9,11H2,1-3H3. The summed E-state index contributed by atoms with van der Waals surface area (Å²) in [6.45, 7) is 8.61. The minimum absolute atomic E-state index is 0.00614. The van der Waals surface area contributed by atoms with E-state index in [1.165, 1.54) is 6.07 Å². The summed E-state index contributed by atoms with van der Waals surface area (Å²) in [4.78, 5) is 14.6. The van der Waals surface area contributed by atoms with Gasteiger partial charge in [0.25, 0.3) is 5.91 Å². The fourth-order valence-electron chi connectivity index (χ4n) is 2.81. The molecule has 0 bridgehead atoms. The van der Waals surface area contributed by atoms with Crippen LogP contribution in [-0.4, -0.2) is 36.5 Å². The zero-order valence-corrected chi connectivity index (χ0v) is 13.2. The molecule has 3 nitrogen and oxygen atoms in total. The van der Waals surface area contributed by atoms with Crippen LogP contribution in [0.15, 0.2) is 18.2 Å². The van der Waals surface area contributed by atoms with Crippen molar-refractivity contribution in [2.75, 3.05) is 19.6 Å². The Kier molecular flexibility index (Phi) is 5.34. The summed E-state index contributed by atoms with van der Waals surface area (Å²) in [6, 6.07) is 4.77. The van der Waals surface area contributed by atoms with Crippen LogP contribution in [0.3, 0.4) is 0 Å². The Morgan fingerprint density at radius 2 is 2.05 bits per heavy atom. The van der Waals surface area contributed by atoms with E-state index >= 15 is 0 Å². The summed E-state index contributed by atoms with van der Waals surface area (Å²) in [5.41, 5.74) is 1.10. The number of rotatable bonds is 4. The molecular formula is C17H25FN2O. The highest BCUT2D eigenvalue weighted by Crippen LogP contribution is 2.18. The highest BCUT2D eigenvalue weighted by Gasteiger charge is 2.24. The highest BCUT2D eigenvalue weighted by atomic mass is 19.1. The molecule has 21 heavy (non-hydrogen) atoms. The van der Waals surface area contributed by atoms with Gasteiger partial charge in [-0.15, -0.1) is 0 Å².